The number of methoxy groups -OCH3 is 1. The lowest BCUT2D eigenvalue weighted by atomic mass is 10.2. The second kappa shape index (κ2) is 8.80. The number of aryl methyl sites for hydroxylation is 1. The van der Waals surface area contributed by atoms with Gasteiger partial charge in [-0.2, -0.15) is 0 Å². The Morgan fingerprint density at radius 2 is 2.15 bits per heavy atom. The van der Waals surface area contributed by atoms with Crippen LogP contribution in [0.3, 0.4) is 0 Å². The summed E-state index contributed by atoms with van der Waals surface area (Å²) in [5, 5.41) is 3.90. The molecular formula is C23H21FN4O4S. The van der Waals surface area contributed by atoms with Crippen LogP contribution in [0.4, 0.5) is 14.2 Å². The van der Waals surface area contributed by atoms with Gasteiger partial charge in [0.2, 0.25) is 0 Å². The van der Waals surface area contributed by atoms with Crippen LogP contribution in [0.1, 0.15) is 17.1 Å². The lowest BCUT2D eigenvalue weighted by Gasteiger charge is -2.14. The van der Waals surface area contributed by atoms with E-state index in [1.807, 2.05) is 18.2 Å². The highest BCUT2D eigenvalue weighted by Gasteiger charge is 2.17. The van der Waals surface area contributed by atoms with Crippen molar-refractivity contribution >= 4 is 33.5 Å². The lowest BCUT2D eigenvalue weighted by molar-refractivity contribution is 0.0830. The van der Waals surface area contributed by atoms with Gasteiger partial charge in [-0.3, -0.25) is 5.32 Å². The minimum Gasteiger partial charge on any atom is -0.496 e. The first-order valence-electron chi connectivity index (χ1n) is 10.3. The molecule has 3 heterocycles. The summed E-state index contributed by atoms with van der Waals surface area (Å²) in [5.41, 5.74) is 4.02. The number of amides is 1. The Labute approximate surface area is 192 Å². The van der Waals surface area contributed by atoms with Crippen LogP contribution >= 0.6 is 11.3 Å². The van der Waals surface area contributed by atoms with Gasteiger partial charge in [0.25, 0.3) is 0 Å². The van der Waals surface area contributed by atoms with Crippen molar-refractivity contribution in [2.45, 2.75) is 26.7 Å². The molecule has 0 saturated heterocycles. The fourth-order valence-corrected chi connectivity index (χ4v) is 4.72. The monoisotopic (exact) mass is 468 g/mol. The van der Waals surface area contributed by atoms with Crippen molar-refractivity contribution in [2.24, 2.45) is 0 Å². The van der Waals surface area contributed by atoms with E-state index in [4.69, 9.17) is 14.2 Å². The first-order valence-corrected chi connectivity index (χ1v) is 11.1. The van der Waals surface area contributed by atoms with Gasteiger partial charge in [-0.05, 0) is 36.8 Å². The molecule has 5 rings (SSSR count). The molecule has 1 aliphatic rings. The smallest absolute Gasteiger partial charge is 0.412 e. The molecule has 8 nitrogen and oxygen atoms in total. The SMILES string of the molecule is COc1cc(F)ccc1-c1nc(C)c(NC(=O)OCc2ccc3c(c2)nc2n3CCOC2)s1. The van der Waals surface area contributed by atoms with Crippen molar-refractivity contribution in [3.63, 3.8) is 0 Å². The molecule has 10 heteroatoms. The molecular weight excluding hydrogens is 447 g/mol. The van der Waals surface area contributed by atoms with Crippen LogP contribution in [0, 0.1) is 12.7 Å². The van der Waals surface area contributed by atoms with Crippen molar-refractivity contribution in [3.8, 4) is 16.3 Å². The number of carbonyl (C=O) groups excluding carboxylic acids is 1. The third-order valence-electron chi connectivity index (χ3n) is 5.36. The van der Waals surface area contributed by atoms with E-state index in [9.17, 15) is 9.18 Å². The number of nitrogens with zero attached hydrogens (tertiary/aromatic N) is 3. The van der Waals surface area contributed by atoms with Gasteiger partial charge in [0.05, 0.1) is 36.0 Å². The number of benzene rings is 2. The minimum atomic E-state index is -0.586. The Balaban J connectivity index is 1.26. The van der Waals surface area contributed by atoms with Crippen LogP contribution < -0.4 is 10.1 Å². The zero-order valence-electron chi connectivity index (χ0n) is 18.1. The standard InChI is InChI=1S/C23H21FN4O4S/c1-13-21(33-22(25-13)16-5-4-15(24)10-19(16)30-2)27-23(29)32-11-14-3-6-18-17(9-14)26-20-12-31-8-7-28(18)20/h3-6,9-10H,7-8,11-12H2,1-2H3,(H,27,29). The van der Waals surface area contributed by atoms with Crippen LogP contribution in [0.25, 0.3) is 21.6 Å². The Morgan fingerprint density at radius 1 is 1.27 bits per heavy atom. The summed E-state index contributed by atoms with van der Waals surface area (Å²) >= 11 is 1.27. The topological polar surface area (TPSA) is 87.5 Å². The van der Waals surface area contributed by atoms with Crippen LogP contribution in [-0.4, -0.2) is 34.3 Å². The number of carbonyl (C=O) groups is 1. The minimum absolute atomic E-state index is 0.108. The van der Waals surface area contributed by atoms with Gasteiger partial charge in [0, 0.05) is 12.6 Å². The fourth-order valence-electron chi connectivity index (χ4n) is 3.74. The molecule has 1 N–H and O–H groups in total. The number of hydrogen-bond acceptors (Lipinski definition) is 7. The van der Waals surface area contributed by atoms with E-state index >= 15 is 0 Å². The van der Waals surface area contributed by atoms with Gasteiger partial charge in [-0.1, -0.05) is 17.4 Å². The second-order valence-corrected chi connectivity index (χ2v) is 8.53. The normalized spacial score (nSPS) is 13.1. The van der Waals surface area contributed by atoms with Crippen molar-refractivity contribution < 1.29 is 23.4 Å². The zero-order valence-corrected chi connectivity index (χ0v) is 18.9. The number of aromatic nitrogens is 3. The Kier molecular flexibility index (Phi) is 5.69. The highest BCUT2D eigenvalue weighted by molar-refractivity contribution is 7.19. The third-order valence-corrected chi connectivity index (χ3v) is 6.46. The summed E-state index contributed by atoms with van der Waals surface area (Å²) in [6.45, 7) is 3.85. The molecule has 170 valence electrons. The number of imidazole rings is 1. The largest absolute Gasteiger partial charge is 0.496 e. The fraction of sp³-hybridized carbons (Fsp3) is 0.261. The second-order valence-electron chi connectivity index (χ2n) is 7.53. The number of nitrogens with one attached hydrogen (secondary N) is 1. The number of thiazole rings is 1. The predicted molar refractivity (Wildman–Crippen MR) is 122 cm³/mol. The Hall–Kier alpha value is -3.50. The van der Waals surface area contributed by atoms with E-state index in [1.54, 1.807) is 13.0 Å². The predicted octanol–water partition coefficient (Wildman–Crippen LogP) is 4.89. The molecule has 0 unspecified atom stereocenters. The van der Waals surface area contributed by atoms with Gasteiger partial charge in [-0.15, -0.1) is 0 Å². The molecule has 2 aromatic heterocycles. The first-order chi connectivity index (χ1) is 16.0. The molecule has 2 aromatic carbocycles. The van der Waals surface area contributed by atoms with E-state index < -0.39 is 11.9 Å². The third kappa shape index (κ3) is 4.27. The molecule has 33 heavy (non-hydrogen) atoms. The molecule has 0 aliphatic carbocycles. The van der Waals surface area contributed by atoms with Crippen molar-refractivity contribution in [1.82, 2.24) is 14.5 Å². The number of fused-ring (bicyclic) bond motifs is 3. The zero-order chi connectivity index (χ0) is 22.9. The maximum absolute atomic E-state index is 13.5. The summed E-state index contributed by atoms with van der Waals surface area (Å²) in [6, 6.07) is 10.1. The summed E-state index contributed by atoms with van der Waals surface area (Å²) in [6.07, 6.45) is -0.586. The van der Waals surface area contributed by atoms with Crippen molar-refractivity contribution in [1.29, 1.82) is 0 Å². The van der Waals surface area contributed by atoms with E-state index in [1.165, 1.54) is 30.6 Å². The quantitative estimate of drug-likeness (QED) is 0.449. The van der Waals surface area contributed by atoms with E-state index in [2.05, 4.69) is 19.9 Å². The molecule has 1 aliphatic heterocycles. The number of ether oxygens (including phenoxy) is 3. The van der Waals surface area contributed by atoms with Crippen LogP contribution in [0.15, 0.2) is 36.4 Å². The molecule has 0 spiro atoms. The number of halogens is 1. The van der Waals surface area contributed by atoms with E-state index in [-0.39, 0.29) is 6.61 Å². The molecule has 1 amide bonds. The summed E-state index contributed by atoms with van der Waals surface area (Å²) in [5.74, 6) is 0.884. The first kappa shape index (κ1) is 21.4. The van der Waals surface area contributed by atoms with Crippen molar-refractivity contribution in [2.75, 3.05) is 19.0 Å². The average molecular weight is 469 g/mol. The summed E-state index contributed by atoms with van der Waals surface area (Å²) < 4.78 is 31.8. The van der Waals surface area contributed by atoms with Gasteiger partial charge in [-0.25, -0.2) is 19.2 Å². The van der Waals surface area contributed by atoms with Gasteiger partial charge in [0.15, 0.2) is 0 Å². The lowest BCUT2D eigenvalue weighted by Crippen LogP contribution is -2.16. The van der Waals surface area contributed by atoms with Crippen LogP contribution in [0.2, 0.25) is 0 Å². The highest BCUT2D eigenvalue weighted by Crippen LogP contribution is 2.37. The van der Waals surface area contributed by atoms with Crippen LogP contribution in [-0.2, 0) is 29.2 Å². The summed E-state index contributed by atoms with van der Waals surface area (Å²) in [4.78, 5) is 21.5. The Bertz CT molecular complexity index is 1350. The molecule has 0 fully saturated rings. The summed E-state index contributed by atoms with van der Waals surface area (Å²) in [7, 11) is 1.47. The molecule has 0 saturated carbocycles. The Morgan fingerprint density at radius 3 is 3.00 bits per heavy atom. The van der Waals surface area contributed by atoms with Crippen molar-refractivity contribution in [3.05, 3.63) is 59.3 Å². The molecule has 0 radical (unpaired) electrons. The average Bonchev–Trinajstić information content (AvgIpc) is 3.37. The van der Waals surface area contributed by atoms with Crippen LogP contribution in [0.5, 0.6) is 5.75 Å². The molecule has 4 aromatic rings. The maximum Gasteiger partial charge on any atom is 0.412 e. The molecule has 0 atom stereocenters. The number of rotatable bonds is 5. The number of anilines is 1. The molecule has 0 bridgehead atoms. The van der Waals surface area contributed by atoms with Gasteiger partial charge in [0.1, 0.15) is 40.6 Å². The number of hydrogen-bond donors (Lipinski definition) is 1. The van der Waals surface area contributed by atoms with Gasteiger partial charge < -0.3 is 18.8 Å². The van der Waals surface area contributed by atoms with E-state index in [0.717, 1.165) is 29.0 Å². The maximum atomic E-state index is 13.5. The highest BCUT2D eigenvalue weighted by atomic mass is 32.1. The van der Waals surface area contributed by atoms with E-state index in [0.29, 0.717) is 40.2 Å². The van der Waals surface area contributed by atoms with Gasteiger partial charge >= 0.3 is 6.09 Å².